The van der Waals surface area contributed by atoms with E-state index in [9.17, 15) is 4.79 Å². The minimum absolute atomic E-state index is 0.131. The van der Waals surface area contributed by atoms with Crippen LogP contribution in [0.25, 0.3) is 0 Å². The first-order valence-electron chi connectivity index (χ1n) is 5.69. The van der Waals surface area contributed by atoms with E-state index in [2.05, 4.69) is 6.92 Å². The Labute approximate surface area is 94.9 Å². The van der Waals surface area contributed by atoms with Crippen LogP contribution in [-0.2, 0) is 14.3 Å². The summed E-state index contributed by atoms with van der Waals surface area (Å²) in [5.74, 6) is 1.42. The lowest BCUT2D eigenvalue weighted by atomic mass is 9.89. The van der Waals surface area contributed by atoms with Gasteiger partial charge in [-0.1, -0.05) is 13.3 Å². The van der Waals surface area contributed by atoms with Crippen LogP contribution in [0.4, 0.5) is 0 Å². The fourth-order valence-electron chi connectivity index (χ4n) is 2.20. The summed E-state index contributed by atoms with van der Waals surface area (Å²) >= 11 is 1.54. The molecule has 4 heteroatoms. The Morgan fingerprint density at radius 1 is 1.47 bits per heavy atom. The van der Waals surface area contributed by atoms with Gasteiger partial charge in [0.2, 0.25) is 5.44 Å². The zero-order chi connectivity index (χ0) is 10.7. The average Bonchev–Trinajstić information content (AvgIpc) is 2.70. The number of hydrogen-bond donors (Lipinski definition) is 0. The third-order valence-electron chi connectivity index (χ3n) is 2.99. The molecule has 3 unspecified atom stereocenters. The molecule has 0 aromatic rings. The van der Waals surface area contributed by atoms with Crippen LogP contribution >= 0.6 is 11.8 Å². The Morgan fingerprint density at radius 2 is 2.33 bits per heavy atom. The van der Waals surface area contributed by atoms with Crippen molar-refractivity contribution in [3.8, 4) is 0 Å². The number of ether oxygens (including phenoxy) is 2. The highest BCUT2D eigenvalue weighted by atomic mass is 32.2. The van der Waals surface area contributed by atoms with Gasteiger partial charge in [-0.2, -0.15) is 0 Å². The van der Waals surface area contributed by atoms with Crippen LogP contribution in [0.1, 0.15) is 32.6 Å². The Bertz CT molecular complexity index is 226. The first-order valence-corrected chi connectivity index (χ1v) is 6.74. The molecule has 2 fully saturated rings. The summed E-state index contributed by atoms with van der Waals surface area (Å²) in [5.41, 5.74) is -0.359. The van der Waals surface area contributed by atoms with Crippen LogP contribution in [-0.4, -0.2) is 29.9 Å². The number of rotatable bonds is 2. The molecule has 0 bridgehead atoms. The second-order valence-corrected chi connectivity index (χ2v) is 5.57. The molecular formula is C11H18O3S. The molecule has 86 valence electrons. The van der Waals surface area contributed by atoms with Crippen LogP contribution in [0.5, 0.6) is 0 Å². The van der Waals surface area contributed by atoms with E-state index < -0.39 is 0 Å². The van der Waals surface area contributed by atoms with E-state index in [0.717, 1.165) is 18.6 Å². The smallest absolute Gasteiger partial charge is 0.346 e. The Balaban J connectivity index is 1.77. The van der Waals surface area contributed by atoms with Gasteiger partial charge in [-0.05, 0) is 25.2 Å². The lowest BCUT2D eigenvalue weighted by Crippen LogP contribution is -2.29. The number of carbonyl (C=O) groups is 1. The average molecular weight is 230 g/mol. The Hall–Kier alpha value is -0.220. The standard InChI is InChI=1S/C11H18O3S/c1-8-3-2-4-9(7-8)14-10(12)11-13-5-6-15-11/h8-9,11H,2-7H2,1H3. The highest BCUT2D eigenvalue weighted by Crippen LogP contribution is 2.28. The number of hydrogen-bond acceptors (Lipinski definition) is 4. The number of thioether (sulfide) groups is 1. The van der Waals surface area contributed by atoms with Crippen LogP contribution in [0, 0.1) is 5.92 Å². The fraction of sp³-hybridized carbons (Fsp3) is 0.909. The SMILES string of the molecule is CC1CCCC(OC(=O)C2OCCS2)C1. The molecule has 1 aliphatic heterocycles. The summed E-state index contributed by atoms with van der Waals surface area (Å²) < 4.78 is 10.7. The first kappa shape index (κ1) is 11.3. The van der Waals surface area contributed by atoms with Gasteiger partial charge in [0.25, 0.3) is 0 Å². The monoisotopic (exact) mass is 230 g/mol. The van der Waals surface area contributed by atoms with Crippen molar-refractivity contribution < 1.29 is 14.3 Å². The number of carbonyl (C=O) groups excluding carboxylic acids is 1. The van der Waals surface area contributed by atoms with Gasteiger partial charge in [0, 0.05) is 5.75 Å². The van der Waals surface area contributed by atoms with Crippen LogP contribution < -0.4 is 0 Å². The molecule has 1 saturated carbocycles. The molecule has 0 N–H and O–H groups in total. The van der Waals surface area contributed by atoms with Gasteiger partial charge in [0.1, 0.15) is 6.10 Å². The van der Waals surface area contributed by atoms with Crippen molar-refractivity contribution in [2.24, 2.45) is 5.92 Å². The molecule has 0 radical (unpaired) electrons. The van der Waals surface area contributed by atoms with Crippen LogP contribution in [0.3, 0.4) is 0 Å². The number of esters is 1. The van der Waals surface area contributed by atoms with Gasteiger partial charge >= 0.3 is 5.97 Å². The van der Waals surface area contributed by atoms with Crippen molar-refractivity contribution in [1.82, 2.24) is 0 Å². The normalized spacial score (nSPS) is 36.5. The van der Waals surface area contributed by atoms with Crippen molar-refractivity contribution in [3.63, 3.8) is 0 Å². The van der Waals surface area contributed by atoms with E-state index in [4.69, 9.17) is 9.47 Å². The summed E-state index contributed by atoms with van der Waals surface area (Å²) in [6.07, 6.45) is 4.61. The van der Waals surface area contributed by atoms with E-state index >= 15 is 0 Å². The molecule has 0 amide bonds. The largest absolute Gasteiger partial charge is 0.460 e. The van der Waals surface area contributed by atoms with Crippen molar-refractivity contribution in [2.45, 2.75) is 44.1 Å². The van der Waals surface area contributed by atoms with Gasteiger partial charge in [-0.25, -0.2) is 4.79 Å². The molecule has 3 nitrogen and oxygen atoms in total. The lowest BCUT2D eigenvalue weighted by molar-refractivity contribution is -0.157. The van der Waals surface area contributed by atoms with Crippen LogP contribution in [0.15, 0.2) is 0 Å². The Morgan fingerprint density at radius 3 is 3.00 bits per heavy atom. The van der Waals surface area contributed by atoms with E-state index in [1.54, 1.807) is 11.8 Å². The minimum Gasteiger partial charge on any atom is -0.460 e. The molecular weight excluding hydrogens is 212 g/mol. The van der Waals surface area contributed by atoms with E-state index in [1.807, 2.05) is 0 Å². The van der Waals surface area contributed by atoms with E-state index in [1.165, 1.54) is 12.8 Å². The molecule has 2 aliphatic rings. The molecule has 2 rings (SSSR count). The van der Waals surface area contributed by atoms with Gasteiger partial charge < -0.3 is 9.47 Å². The van der Waals surface area contributed by atoms with Crippen LogP contribution in [0.2, 0.25) is 0 Å². The van der Waals surface area contributed by atoms with E-state index in [0.29, 0.717) is 12.5 Å². The predicted molar refractivity (Wildman–Crippen MR) is 59.7 cm³/mol. The highest BCUT2D eigenvalue weighted by Gasteiger charge is 2.29. The van der Waals surface area contributed by atoms with Gasteiger partial charge in [-0.15, -0.1) is 11.8 Å². The third-order valence-corrected chi connectivity index (χ3v) is 4.02. The summed E-state index contributed by atoms with van der Waals surface area (Å²) in [7, 11) is 0. The van der Waals surface area contributed by atoms with Crippen molar-refractivity contribution in [3.05, 3.63) is 0 Å². The van der Waals surface area contributed by atoms with Crippen molar-refractivity contribution in [2.75, 3.05) is 12.4 Å². The second-order valence-electron chi connectivity index (χ2n) is 4.40. The van der Waals surface area contributed by atoms with Gasteiger partial charge in [-0.3, -0.25) is 0 Å². The molecule has 1 heterocycles. The maximum absolute atomic E-state index is 11.7. The molecule has 0 spiro atoms. The molecule has 15 heavy (non-hydrogen) atoms. The molecule has 0 aromatic heterocycles. The summed E-state index contributed by atoms with van der Waals surface area (Å²) in [5, 5.41) is 0. The third kappa shape index (κ3) is 3.11. The molecule has 3 atom stereocenters. The predicted octanol–water partition coefficient (Wildman–Crippen LogP) is 2.20. The molecule has 1 saturated heterocycles. The summed E-state index contributed by atoms with van der Waals surface area (Å²) in [6, 6.07) is 0. The first-order chi connectivity index (χ1) is 7.25. The Kier molecular flexibility index (Phi) is 3.92. The maximum atomic E-state index is 11.7. The molecule has 1 aliphatic carbocycles. The minimum atomic E-state index is -0.359. The van der Waals surface area contributed by atoms with Gasteiger partial charge in [0.15, 0.2) is 0 Å². The van der Waals surface area contributed by atoms with Crippen molar-refractivity contribution in [1.29, 1.82) is 0 Å². The fourth-order valence-corrected chi connectivity index (χ4v) is 2.99. The van der Waals surface area contributed by atoms with Crippen molar-refractivity contribution >= 4 is 17.7 Å². The lowest BCUT2D eigenvalue weighted by Gasteiger charge is -2.27. The maximum Gasteiger partial charge on any atom is 0.346 e. The summed E-state index contributed by atoms with van der Waals surface area (Å²) in [4.78, 5) is 11.7. The van der Waals surface area contributed by atoms with Gasteiger partial charge in [0.05, 0.1) is 6.61 Å². The quantitative estimate of drug-likeness (QED) is 0.681. The zero-order valence-corrected chi connectivity index (χ0v) is 9.92. The highest BCUT2D eigenvalue weighted by molar-refractivity contribution is 8.00. The topological polar surface area (TPSA) is 35.5 Å². The van der Waals surface area contributed by atoms with E-state index in [-0.39, 0.29) is 17.5 Å². The molecule has 0 aromatic carbocycles. The summed E-state index contributed by atoms with van der Waals surface area (Å²) in [6.45, 7) is 2.90. The zero-order valence-electron chi connectivity index (χ0n) is 9.11. The second kappa shape index (κ2) is 5.21.